The molecule has 0 aliphatic heterocycles. The average Bonchev–Trinajstić information content (AvgIpc) is 2.50. The van der Waals surface area contributed by atoms with Crippen molar-refractivity contribution in [2.75, 3.05) is 5.73 Å². The van der Waals surface area contributed by atoms with Crippen LogP contribution in [0.3, 0.4) is 0 Å². The highest BCUT2D eigenvalue weighted by molar-refractivity contribution is 9.10. The molecule has 0 atom stereocenters. The Labute approximate surface area is 101 Å². The number of imidazole rings is 1. The molecule has 2 rings (SSSR count). The highest BCUT2D eigenvalue weighted by Crippen LogP contribution is 2.28. The zero-order chi connectivity index (χ0) is 11.9. The van der Waals surface area contributed by atoms with E-state index < -0.39 is 0 Å². The molecular formula is C11H11BrFN3. The average molecular weight is 284 g/mol. The molecule has 1 heterocycles. The molecule has 2 N–H and O–H groups in total. The molecule has 16 heavy (non-hydrogen) atoms. The van der Waals surface area contributed by atoms with Crippen molar-refractivity contribution in [1.82, 2.24) is 9.55 Å². The van der Waals surface area contributed by atoms with Crippen LogP contribution in [0.5, 0.6) is 0 Å². The molecule has 0 saturated heterocycles. The quantitative estimate of drug-likeness (QED) is 0.875. The fraction of sp³-hybridized carbons (Fsp3) is 0.182. The summed E-state index contributed by atoms with van der Waals surface area (Å²) in [4.78, 5) is 4.16. The first kappa shape index (κ1) is 11.1. The summed E-state index contributed by atoms with van der Waals surface area (Å²) in [6, 6.07) is 4.76. The lowest BCUT2D eigenvalue weighted by molar-refractivity contribution is 0.630. The van der Waals surface area contributed by atoms with E-state index in [1.807, 2.05) is 6.92 Å². The number of hydrogen-bond donors (Lipinski definition) is 1. The number of hydrogen-bond acceptors (Lipinski definition) is 2. The Bertz CT molecular complexity index is 548. The summed E-state index contributed by atoms with van der Waals surface area (Å²) < 4.78 is 16.2. The van der Waals surface area contributed by atoms with Crippen LogP contribution in [0, 0.1) is 12.7 Å². The minimum Gasteiger partial charge on any atom is -0.369 e. The predicted octanol–water partition coefficient (Wildman–Crippen LogP) is 2.88. The van der Waals surface area contributed by atoms with E-state index in [4.69, 9.17) is 5.73 Å². The van der Waals surface area contributed by atoms with Gasteiger partial charge >= 0.3 is 0 Å². The van der Waals surface area contributed by atoms with E-state index in [0.717, 1.165) is 10.2 Å². The first-order valence-electron chi connectivity index (χ1n) is 4.75. The molecule has 0 radical (unpaired) electrons. The smallest absolute Gasteiger partial charge is 0.200 e. The second kappa shape index (κ2) is 3.90. The number of anilines is 1. The number of nitrogens with two attached hydrogens (primary N) is 1. The van der Waals surface area contributed by atoms with Gasteiger partial charge in [0.15, 0.2) is 0 Å². The van der Waals surface area contributed by atoms with E-state index in [2.05, 4.69) is 20.9 Å². The van der Waals surface area contributed by atoms with Crippen LogP contribution in [0.2, 0.25) is 0 Å². The van der Waals surface area contributed by atoms with Crippen LogP contribution in [0.4, 0.5) is 10.3 Å². The standard InChI is InChI=1S/C11H11BrFN3/c1-6-10(15-11(14)16(6)2)8-5-7(12)3-4-9(8)13/h3-5H,1-2H3,(H2,14,15). The van der Waals surface area contributed by atoms with Gasteiger partial charge in [0.25, 0.3) is 0 Å². The highest BCUT2D eigenvalue weighted by Gasteiger charge is 2.14. The second-order valence-electron chi connectivity index (χ2n) is 3.59. The SMILES string of the molecule is Cc1c(-c2cc(Br)ccc2F)nc(N)n1C. The van der Waals surface area contributed by atoms with E-state index >= 15 is 0 Å². The van der Waals surface area contributed by atoms with Crippen LogP contribution in [0.15, 0.2) is 22.7 Å². The number of nitrogens with zero attached hydrogens (tertiary/aromatic N) is 2. The van der Waals surface area contributed by atoms with Crippen LogP contribution in [-0.4, -0.2) is 9.55 Å². The number of rotatable bonds is 1. The van der Waals surface area contributed by atoms with Crippen molar-refractivity contribution in [3.63, 3.8) is 0 Å². The summed E-state index contributed by atoms with van der Waals surface area (Å²) in [5, 5.41) is 0. The largest absolute Gasteiger partial charge is 0.369 e. The summed E-state index contributed by atoms with van der Waals surface area (Å²) >= 11 is 3.31. The van der Waals surface area contributed by atoms with Crippen LogP contribution in [0.25, 0.3) is 11.3 Å². The third-order valence-corrected chi connectivity index (χ3v) is 3.09. The van der Waals surface area contributed by atoms with Gasteiger partial charge in [-0.05, 0) is 25.1 Å². The van der Waals surface area contributed by atoms with Crippen molar-refractivity contribution >= 4 is 21.9 Å². The fourth-order valence-electron chi connectivity index (χ4n) is 1.54. The summed E-state index contributed by atoms with van der Waals surface area (Å²) in [5.41, 5.74) is 7.57. The normalized spacial score (nSPS) is 10.8. The molecule has 2 aromatic rings. The maximum atomic E-state index is 13.7. The van der Waals surface area contributed by atoms with Gasteiger partial charge in [0.1, 0.15) is 5.82 Å². The molecule has 0 bridgehead atoms. The Morgan fingerprint density at radius 3 is 2.69 bits per heavy atom. The Morgan fingerprint density at radius 1 is 1.44 bits per heavy atom. The summed E-state index contributed by atoms with van der Waals surface area (Å²) in [6.07, 6.45) is 0. The van der Waals surface area contributed by atoms with Gasteiger partial charge in [0, 0.05) is 22.8 Å². The summed E-state index contributed by atoms with van der Waals surface area (Å²) in [5.74, 6) is 0.0799. The lowest BCUT2D eigenvalue weighted by Gasteiger charge is -2.02. The fourth-order valence-corrected chi connectivity index (χ4v) is 1.90. The van der Waals surface area contributed by atoms with Crippen molar-refractivity contribution in [1.29, 1.82) is 0 Å². The summed E-state index contributed by atoms with van der Waals surface area (Å²) in [6.45, 7) is 1.86. The molecule has 3 nitrogen and oxygen atoms in total. The van der Waals surface area contributed by atoms with E-state index in [9.17, 15) is 4.39 Å². The Morgan fingerprint density at radius 2 is 2.12 bits per heavy atom. The van der Waals surface area contributed by atoms with Crippen LogP contribution in [0.1, 0.15) is 5.69 Å². The molecule has 0 unspecified atom stereocenters. The van der Waals surface area contributed by atoms with Gasteiger partial charge in [-0.3, -0.25) is 0 Å². The van der Waals surface area contributed by atoms with Crippen molar-refractivity contribution in [3.05, 3.63) is 34.2 Å². The molecule has 0 amide bonds. The Balaban J connectivity index is 2.67. The number of halogens is 2. The van der Waals surface area contributed by atoms with E-state index in [0.29, 0.717) is 17.2 Å². The van der Waals surface area contributed by atoms with Crippen LogP contribution >= 0.6 is 15.9 Å². The predicted molar refractivity (Wildman–Crippen MR) is 65.5 cm³/mol. The molecule has 0 saturated carbocycles. The zero-order valence-electron chi connectivity index (χ0n) is 8.96. The molecule has 84 valence electrons. The first-order valence-corrected chi connectivity index (χ1v) is 5.54. The summed E-state index contributed by atoms with van der Waals surface area (Å²) in [7, 11) is 1.80. The monoisotopic (exact) mass is 283 g/mol. The van der Waals surface area contributed by atoms with E-state index in [1.165, 1.54) is 6.07 Å². The maximum absolute atomic E-state index is 13.7. The molecule has 0 spiro atoms. The molecule has 0 aliphatic rings. The Kier molecular flexibility index (Phi) is 2.71. The molecule has 5 heteroatoms. The molecular weight excluding hydrogens is 273 g/mol. The molecule has 1 aromatic carbocycles. The van der Waals surface area contributed by atoms with Crippen molar-refractivity contribution in [2.45, 2.75) is 6.92 Å². The van der Waals surface area contributed by atoms with E-state index in [1.54, 1.807) is 23.7 Å². The van der Waals surface area contributed by atoms with Crippen LogP contribution in [-0.2, 0) is 7.05 Å². The molecule has 1 aromatic heterocycles. The highest BCUT2D eigenvalue weighted by atomic mass is 79.9. The molecule has 0 aliphatic carbocycles. The minimum atomic E-state index is -0.301. The second-order valence-corrected chi connectivity index (χ2v) is 4.50. The number of benzene rings is 1. The lowest BCUT2D eigenvalue weighted by Crippen LogP contribution is -1.97. The number of nitrogen functional groups attached to an aromatic ring is 1. The third-order valence-electron chi connectivity index (χ3n) is 2.60. The lowest BCUT2D eigenvalue weighted by atomic mass is 10.1. The van der Waals surface area contributed by atoms with Crippen molar-refractivity contribution < 1.29 is 4.39 Å². The third kappa shape index (κ3) is 1.71. The topological polar surface area (TPSA) is 43.8 Å². The van der Waals surface area contributed by atoms with Gasteiger partial charge in [-0.2, -0.15) is 0 Å². The molecule has 0 fully saturated rings. The van der Waals surface area contributed by atoms with Gasteiger partial charge in [-0.1, -0.05) is 15.9 Å². The Hall–Kier alpha value is -1.36. The van der Waals surface area contributed by atoms with Gasteiger partial charge in [0.2, 0.25) is 5.95 Å². The van der Waals surface area contributed by atoms with Crippen molar-refractivity contribution in [3.8, 4) is 11.3 Å². The minimum absolute atomic E-state index is 0.301. The first-order chi connectivity index (χ1) is 7.50. The van der Waals surface area contributed by atoms with Crippen molar-refractivity contribution in [2.24, 2.45) is 7.05 Å². The van der Waals surface area contributed by atoms with Gasteiger partial charge in [-0.15, -0.1) is 0 Å². The van der Waals surface area contributed by atoms with Gasteiger partial charge < -0.3 is 10.3 Å². The number of aromatic nitrogens is 2. The maximum Gasteiger partial charge on any atom is 0.200 e. The van der Waals surface area contributed by atoms with Gasteiger partial charge in [-0.25, -0.2) is 9.37 Å². The van der Waals surface area contributed by atoms with Gasteiger partial charge in [0.05, 0.1) is 5.69 Å². The van der Waals surface area contributed by atoms with Crippen LogP contribution < -0.4 is 5.73 Å². The van der Waals surface area contributed by atoms with E-state index in [-0.39, 0.29) is 5.82 Å². The zero-order valence-corrected chi connectivity index (χ0v) is 10.5.